The van der Waals surface area contributed by atoms with Gasteiger partial charge in [-0.05, 0) is 42.9 Å². The van der Waals surface area contributed by atoms with Crippen LogP contribution >= 0.6 is 23.2 Å². The minimum absolute atomic E-state index is 0.147. The van der Waals surface area contributed by atoms with E-state index in [0.717, 1.165) is 24.9 Å². The summed E-state index contributed by atoms with van der Waals surface area (Å²) in [5.74, 6) is 0.381. The summed E-state index contributed by atoms with van der Waals surface area (Å²) in [4.78, 5) is 14.0. The summed E-state index contributed by atoms with van der Waals surface area (Å²) in [5.41, 5.74) is 1.02. The highest BCUT2D eigenvalue weighted by atomic mass is 35.5. The molecule has 1 atom stereocenters. The van der Waals surface area contributed by atoms with E-state index in [0.29, 0.717) is 29.4 Å². The molecule has 5 heteroatoms. The highest BCUT2D eigenvalue weighted by Crippen LogP contribution is 2.23. The summed E-state index contributed by atoms with van der Waals surface area (Å²) in [6.07, 6.45) is 3.11. The number of benzene rings is 1. The topological polar surface area (TPSA) is 40.5 Å². The largest absolute Gasteiger partial charge is 0.396 e. The van der Waals surface area contributed by atoms with Crippen molar-refractivity contribution in [2.24, 2.45) is 5.92 Å². The van der Waals surface area contributed by atoms with Gasteiger partial charge in [0.2, 0.25) is 5.91 Å². The lowest BCUT2D eigenvalue weighted by atomic mass is 9.98. The highest BCUT2D eigenvalue weighted by Gasteiger charge is 2.22. The number of aryl methyl sites for hydroxylation is 1. The molecule has 1 aromatic rings. The Morgan fingerprint density at radius 1 is 1.35 bits per heavy atom. The summed E-state index contributed by atoms with van der Waals surface area (Å²) in [5, 5.41) is 10.2. The van der Waals surface area contributed by atoms with Crippen LogP contribution in [0.4, 0.5) is 0 Å². The molecular weight excluding hydrogens is 297 g/mol. The molecule has 0 radical (unpaired) electrons. The van der Waals surface area contributed by atoms with Crippen molar-refractivity contribution in [3.05, 3.63) is 33.8 Å². The number of likely N-dealkylation sites (tertiary alicyclic amines) is 1. The number of halogens is 2. The van der Waals surface area contributed by atoms with Gasteiger partial charge in [-0.15, -0.1) is 0 Å². The third-order valence-electron chi connectivity index (χ3n) is 3.74. The Hall–Kier alpha value is -0.770. The van der Waals surface area contributed by atoms with Crippen molar-refractivity contribution in [3.63, 3.8) is 0 Å². The average molecular weight is 316 g/mol. The second kappa shape index (κ2) is 7.30. The van der Waals surface area contributed by atoms with Gasteiger partial charge < -0.3 is 10.0 Å². The lowest BCUT2D eigenvalue weighted by Gasteiger charge is -2.32. The van der Waals surface area contributed by atoms with E-state index < -0.39 is 0 Å². The summed E-state index contributed by atoms with van der Waals surface area (Å²) in [7, 11) is 0. The lowest BCUT2D eigenvalue weighted by molar-refractivity contribution is -0.133. The van der Waals surface area contributed by atoms with Crippen LogP contribution in [0.15, 0.2) is 18.2 Å². The Bertz CT molecular complexity index is 479. The Morgan fingerprint density at radius 3 is 2.85 bits per heavy atom. The number of rotatable bonds is 4. The number of piperidine rings is 1. The zero-order valence-corrected chi connectivity index (χ0v) is 12.8. The highest BCUT2D eigenvalue weighted by molar-refractivity contribution is 6.42. The monoisotopic (exact) mass is 315 g/mol. The maximum Gasteiger partial charge on any atom is 0.222 e. The van der Waals surface area contributed by atoms with Crippen molar-refractivity contribution in [1.82, 2.24) is 4.90 Å². The van der Waals surface area contributed by atoms with Crippen molar-refractivity contribution in [2.75, 3.05) is 19.7 Å². The van der Waals surface area contributed by atoms with Crippen molar-refractivity contribution in [2.45, 2.75) is 25.7 Å². The van der Waals surface area contributed by atoms with Crippen LogP contribution in [0.5, 0.6) is 0 Å². The fourth-order valence-electron chi connectivity index (χ4n) is 2.55. The molecule has 1 N–H and O–H groups in total. The molecule has 1 aromatic carbocycles. The first-order valence-corrected chi connectivity index (χ1v) is 7.68. The first-order valence-electron chi connectivity index (χ1n) is 6.92. The van der Waals surface area contributed by atoms with E-state index in [4.69, 9.17) is 23.2 Å². The van der Waals surface area contributed by atoms with Crippen LogP contribution in [0.1, 0.15) is 24.8 Å². The van der Waals surface area contributed by atoms with Gasteiger partial charge in [-0.2, -0.15) is 0 Å². The van der Waals surface area contributed by atoms with Gasteiger partial charge in [-0.3, -0.25) is 4.79 Å². The predicted molar refractivity (Wildman–Crippen MR) is 81.2 cm³/mol. The summed E-state index contributed by atoms with van der Waals surface area (Å²) in [6.45, 7) is 1.64. The van der Waals surface area contributed by atoms with E-state index in [1.807, 2.05) is 17.0 Å². The third-order valence-corrected chi connectivity index (χ3v) is 4.48. The molecular formula is C15H19Cl2NO2. The van der Waals surface area contributed by atoms with E-state index in [2.05, 4.69) is 0 Å². The molecule has 1 amide bonds. The second-order valence-corrected chi connectivity index (χ2v) is 6.09. The Kier molecular flexibility index (Phi) is 5.70. The van der Waals surface area contributed by atoms with Crippen LogP contribution in [0.3, 0.4) is 0 Å². The molecule has 2 rings (SSSR count). The summed E-state index contributed by atoms with van der Waals surface area (Å²) < 4.78 is 0. The molecule has 1 aliphatic rings. The number of nitrogens with zero attached hydrogens (tertiary/aromatic N) is 1. The minimum atomic E-state index is 0.147. The van der Waals surface area contributed by atoms with Crippen LogP contribution in [-0.4, -0.2) is 35.6 Å². The van der Waals surface area contributed by atoms with E-state index in [1.165, 1.54) is 0 Å². The van der Waals surface area contributed by atoms with Crippen LogP contribution in [0, 0.1) is 5.92 Å². The fourth-order valence-corrected chi connectivity index (χ4v) is 2.87. The molecule has 1 fully saturated rings. The first-order chi connectivity index (χ1) is 9.60. The molecule has 20 heavy (non-hydrogen) atoms. The third kappa shape index (κ3) is 4.11. The van der Waals surface area contributed by atoms with Crippen molar-refractivity contribution in [3.8, 4) is 0 Å². The lowest BCUT2D eigenvalue weighted by Crippen LogP contribution is -2.41. The number of hydrogen-bond donors (Lipinski definition) is 1. The van der Waals surface area contributed by atoms with E-state index >= 15 is 0 Å². The van der Waals surface area contributed by atoms with Crippen molar-refractivity contribution in [1.29, 1.82) is 0 Å². The quantitative estimate of drug-likeness (QED) is 0.927. The number of carbonyl (C=O) groups excluding carboxylic acids is 1. The van der Waals surface area contributed by atoms with Crippen LogP contribution < -0.4 is 0 Å². The van der Waals surface area contributed by atoms with Crippen LogP contribution in [0.25, 0.3) is 0 Å². The fraction of sp³-hybridized carbons (Fsp3) is 0.533. The van der Waals surface area contributed by atoms with Crippen LogP contribution in [-0.2, 0) is 11.2 Å². The molecule has 1 aliphatic heterocycles. The Balaban J connectivity index is 1.86. The van der Waals surface area contributed by atoms with Gasteiger partial charge in [-0.25, -0.2) is 0 Å². The maximum atomic E-state index is 12.2. The van der Waals surface area contributed by atoms with Gasteiger partial charge in [0.05, 0.1) is 10.0 Å². The molecule has 0 aliphatic carbocycles. The van der Waals surface area contributed by atoms with Gasteiger partial charge in [0.25, 0.3) is 0 Å². The average Bonchev–Trinajstić information content (AvgIpc) is 2.48. The van der Waals surface area contributed by atoms with Gasteiger partial charge in [0.1, 0.15) is 0 Å². The van der Waals surface area contributed by atoms with Gasteiger partial charge in [0, 0.05) is 26.1 Å². The second-order valence-electron chi connectivity index (χ2n) is 5.28. The maximum absolute atomic E-state index is 12.2. The van der Waals surface area contributed by atoms with E-state index in [1.54, 1.807) is 6.07 Å². The smallest absolute Gasteiger partial charge is 0.222 e. The van der Waals surface area contributed by atoms with Crippen LogP contribution in [0.2, 0.25) is 10.0 Å². The van der Waals surface area contributed by atoms with Gasteiger partial charge in [-0.1, -0.05) is 29.3 Å². The Labute approximate surface area is 129 Å². The number of hydrogen-bond acceptors (Lipinski definition) is 2. The molecule has 1 saturated heterocycles. The van der Waals surface area contributed by atoms with Gasteiger partial charge >= 0.3 is 0 Å². The standard InChI is InChI=1S/C15H19Cl2NO2/c16-13-5-3-11(8-14(13)17)4-6-15(20)18-7-1-2-12(9-18)10-19/h3,5,8,12,19H,1-2,4,6-7,9-10H2. The summed E-state index contributed by atoms with van der Waals surface area (Å²) >= 11 is 11.8. The molecule has 0 bridgehead atoms. The molecule has 0 saturated carbocycles. The number of carbonyl (C=O) groups is 1. The van der Waals surface area contributed by atoms with Crippen molar-refractivity contribution >= 4 is 29.1 Å². The molecule has 1 unspecified atom stereocenters. The van der Waals surface area contributed by atoms with E-state index in [-0.39, 0.29) is 18.4 Å². The van der Waals surface area contributed by atoms with Crippen molar-refractivity contribution < 1.29 is 9.90 Å². The number of aliphatic hydroxyl groups is 1. The SMILES string of the molecule is O=C(CCc1ccc(Cl)c(Cl)c1)N1CCCC(CO)C1. The zero-order chi connectivity index (χ0) is 14.5. The molecule has 0 aromatic heterocycles. The normalized spacial score (nSPS) is 19.1. The first kappa shape index (κ1) is 15.6. The number of amides is 1. The molecule has 3 nitrogen and oxygen atoms in total. The molecule has 0 spiro atoms. The minimum Gasteiger partial charge on any atom is -0.396 e. The Morgan fingerprint density at radius 2 is 2.15 bits per heavy atom. The molecule has 110 valence electrons. The predicted octanol–water partition coefficient (Wildman–Crippen LogP) is 3.16. The number of aliphatic hydroxyl groups excluding tert-OH is 1. The summed E-state index contributed by atoms with van der Waals surface area (Å²) in [6, 6.07) is 5.46. The zero-order valence-electron chi connectivity index (χ0n) is 11.3. The molecule has 1 heterocycles. The van der Waals surface area contributed by atoms with Gasteiger partial charge in [0.15, 0.2) is 0 Å². The van der Waals surface area contributed by atoms with E-state index in [9.17, 15) is 9.90 Å².